The summed E-state index contributed by atoms with van der Waals surface area (Å²) >= 11 is 0. The Balaban J connectivity index is 1.67. The summed E-state index contributed by atoms with van der Waals surface area (Å²) in [5.74, 6) is 2.68. The van der Waals surface area contributed by atoms with E-state index < -0.39 is 12.3 Å². The number of ether oxygens (including phenoxy) is 1. The quantitative estimate of drug-likeness (QED) is 0.424. The molecule has 3 atom stereocenters. The first-order chi connectivity index (χ1) is 17.7. The van der Waals surface area contributed by atoms with Gasteiger partial charge >= 0.3 is 0 Å². The van der Waals surface area contributed by atoms with E-state index in [2.05, 4.69) is 27.2 Å². The number of nitrogens with zero attached hydrogens (tertiary/aromatic N) is 5. The largest absolute Gasteiger partial charge is 0.491 e. The molecule has 1 fully saturated rings. The summed E-state index contributed by atoms with van der Waals surface area (Å²) < 4.78 is 24.9. The average Bonchev–Trinajstić information content (AvgIpc) is 3.21. The van der Waals surface area contributed by atoms with Gasteiger partial charge in [0.1, 0.15) is 36.2 Å². The zero-order chi connectivity index (χ0) is 26.5. The number of benzene rings is 1. The molecule has 3 aromatic rings. The molecule has 2 N–H and O–H groups in total. The molecular weight excluding hydrogens is 475 g/mol. The molecule has 2 aromatic heterocycles. The number of aliphatic hydroxyl groups excluding tert-OH is 1. The Bertz CT molecular complexity index is 1170. The third-order valence-corrected chi connectivity index (χ3v) is 6.55. The Morgan fingerprint density at radius 3 is 2.73 bits per heavy atom. The first-order valence-corrected chi connectivity index (χ1v) is 12.8. The highest BCUT2D eigenvalue weighted by Crippen LogP contribution is 2.32. The van der Waals surface area contributed by atoms with Gasteiger partial charge in [0.15, 0.2) is 5.82 Å². The smallest absolute Gasteiger partial charge is 0.162 e. The molecule has 1 aliphatic heterocycles. The highest BCUT2D eigenvalue weighted by molar-refractivity contribution is 5.71. The number of hydrogen-bond donors (Lipinski definition) is 2. The van der Waals surface area contributed by atoms with Crippen LogP contribution < -0.4 is 15.0 Å². The minimum Gasteiger partial charge on any atom is -0.491 e. The highest BCUT2D eigenvalue weighted by Gasteiger charge is 2.27. The number of piperazine rings is 1. The van der Waals surface area contributed by atoms with Crippen LogP contribution in [0.3, 0.4) is 0 Å². The van der Waals surface area contributed by atoms with Crippen molar-refractivity contribution >= 4 is 5.82 Å². The molecular formula is C27H37FN6O3. The minimum absolute atomic E-state index is 0.176. The lowest BCUT2D eigenvalue weighted by Gasteiger charge is -2.40. The first-order valence-electron chi connectivity index (χ1n) is 12.8. The number of rotatable bonds is 10. The maximum absolute atomic E-state index is 13.7. The minimum atomic E-state index is -0.861. The molecule has 0 saturated carbocycles. The predicted octanol–water partition coefficient (Wildman–Crippen LogP) is 3.24. The average molecular weight is 513 g/mol. The molecule has 0 radical (unpaired) electrons. The van der Waals surface area contributed by atoms with Crippen molar-refractivity contribution in [3.8, 4) is 28.4 Å². The van der Waals surface area contributed by atoms with Gasteiger partial charge in [-0.1, -0.05) is 17.3 Å². The predicted molar refractivity (Wildman–Crippen MR) is 142 cm³/mol. The molecule has 0 bridgehead atoms. The van der Waals surface area contributed by atoms with E-state index in [4.69, 9.17) is 19.2 Å². The van der Waals surface area contributed by atoms with E-state index in [9.17, 15) is 9.50 Å². The maximum atomic E-state index is 13.7. The van der Waals surface area contributed by atoms with Crippen LogP contribution in [0.2, 0.25) is 0 Å². The monoisotopic (exact) mass is 512 g/mol. The summed E-state index contributed by atoms with van der Waals surface area (Å²) in [4.78, 5) is 14.2. The number of hydrogen-bond acceptors (Lipinski definition) is 9. The van der Waals surface area contributed by atoms with Gasteiger partial charge in [0.25, 0.3) is 0 Å². The maximum Gasteiger partial charge on any atom is 0.162 e. The number of aliphatic hydroxyl groups is 1. The van der Waals surface area contributed by atoms with Gasteiger partial charge in [-0.05, 0) is 46.9 Å². The van der Waals surface area contributed by atoms with Crippen molar-refractivity contribution in [3.63, 3.8) is 0 Å². The fourth-order valence-electron chi connectivity index (χ4n) is 4.71. The summed E-state index contributed by atoms with van der Waals surface area (Å²) in [6.45, 7) is 10.8. The van der Waals surface area contributed by atoms with Crippen LogP contribution in [0.1, 0.15) is 25.3 Å². The van der Waals surface area contributed by atoms with Crippen molar-refractivity contribution in [3.05, 3.63) is 41.8 Å². The Morgan fingerprint density at radius 2 is 2.05 bits per heavy atom. The fraction of sp³-hybridized carbons (Fsp3) is 0.519. The summed E-state index contributed by atoms with van der Waals surface area (Å²) in [6, 6.07) is 9.72. The van der Waals surface area contributed by atoms with Crippen molar-refractivity contribution in [1.82, 2.24) is 25.3 Å². The van der Waals surface area contributed by atoms with Gasteiger partial charge in [0.05, 0.1) is 17.0 Å². The van der Waals surface area contributed by atoms with Crippen molar-refractivity contribution in [1.29, 1.82) is 0 Å². The second-order valence-electron chi connectivity index (χ2n) is 9.76. The van der Waals surface area contributed by atoms with Crippen LogP contribution in [0.5, 0.6) is 5.75 Å². The number of likely N-dealkylation sites (N-methyl/N-ethyl adjacent to an activating group) is 1. The van der Waals surface area contributed by atoms with E-state index in [1.54, 1.807) is 14.0 Å². The summed E-state index contributed by atoms with van der Waals surface area (Å²) in [7, 11) is 1.78. The second-order valence-corrected chi connectivity index (χ2v) is 9.76. The molecule has 1 aliphatic rings. The third-order valence-electron chi connectivity index (χ3n) is 6.55. The lowest BCUT2D eigenvalue weighted by Crippen LogP contribution is -2.53. The van der Waals surface area contributed by atoms with Gasteiger partial charge in [-0.15, -0.1) is 0 Å². The Labute approximate surface area is 217 Å². The molecule has 0 spiro atoms. The molecule has 1 saturated heterocycles. The van der Waals surface area contributed by atoms with Crippen LogP contribution in [0.25, 0.3) is 22.6 Å². The van der Waals surface area contributed by atoms with Crippen molar-refractivity contribution < 1.29 is 18.8 Å². The van der Waals surface area contributed by atoms with Gasteiger partial charge in [0, 0.05) is 50.4 Å². The molecule has 0 amide bonds. The van der Waals surface area contributed by atoms with Crippen LogP contribution in [0.4, 0.5) is 10.2 Å². The van der Waals surface area contributed by atoms with Crippen molar-refractivity contribution in [2.45, 2.75) is 46.0 Å². The SMILES string of the molecule is CNCC(O)COc1cccc(-c2nc(-c3c(C)noc3C)cc(N3CCN(CC(C)F)[C@H](C)C3)n2)c1. The Kier molecular flexibility index (Phi) is 8.73. The molecule has 200 valence electrons. The van der Waals surface area contributed by atoms with E-state index in [0.29, 0.717) is 30.4 Å². The number of nitrogens with one attached hydrogen (secondary N) is 1. The van der Waals surface area contributed by atoms with Crippen molar-refractivity contribution in [2.75, 3.05) is 51.3 Å². The van der Waals surface area contributed by atoms with E-state index in [1.807, 2.05) is 44.2 Å². The first kappa shape index (κ1) is 27.0. The molecule has 10 heteroatoms. The van der Waals surface area contributed by atoms with Gasteiger partial charge in [-0.25, -0.2) is 14.4 Å². The lowest BCUT2D eigenvalue weighted by atomic mass is 10.1. The molecule has 1 aromatic carbocycles. The second kappa shape index (κ2) is 12.0. The fourth-order valence-corrected chi connectivity index (χ4v) is 4.71. The Morgan fingerprint density at radius 1 is 1.24 bits per heavy atom. The Hall–Kier alpha value is -3.08. The molecule has 3 heterocycles. The van der Waals surface area contributed by atoms with Crippen LogP contribution in [0, 0.1) is 13.8 Å². The number of aryl methyl sites for hydroxylation is 2. The van der Waals surface area contributed by atoms with E-state index in [0.717, 1.165) is 48.0 Å². The highest BCUT2D eigenvalue weighted by atomic mass is 19.1. The van der Waals surface area contributed by atoms with Crippen LogP contribution in [-0.2, 0) is 0 Å². The molecule has 37 heavy (non-hydrogen) atoms. The number of anilines is 1. The molecule has 9 nitrogen and oxygen atoms in total. The molecule has 4 rings (SSSR count). The van der Waals surface area contributed by atoms with E-state index in [1.165, 1.54) is 0 Å². The van der Waals surface area contributed by atoms with Gasteiger partial charge < -0.3 is 24.6 Å². The topological polar surface area (TPSA) is 99.8 Å². The third kappa shape index (κ3) is 6.63. The van der Waals surface area contributed by atoms with Crippen molar-refractivity contribution in [2.24, 2.45) is 0 Å². The number of alkyl halides is 1. The number of aromatic nitrogens is 3. The van der Waals surface area contributed by atoms with E-state index in [-0.39, 0.29) is 12.6 Å². The van der Waals surface area contributed by atoms with Gasteiger partial charge in [-0.2, -0.15) is 0 Å². The van der Waals surface area contributed by atoms with Gasteiger partial charge in [-0.3, -0.25) is 4.90 Å². The molecule has 0 aliphatic carbocycles. The van der Waals surface area contributed by atoms with E-state index >= 15 is 0 Å². The summed E-state index contributed by atoms with van der Waals surface area (Å²) in [5, 5.41) is 17.1. The zero-order valence-electron chi connectivity index (χ0n) is 22.2. The molecule has 2 unspecified atom stereocenters. The number of halogens is 1. The standard InChI is InChI=1S/C27H37FN6O3/c1-17(28)14-33-9-10-34(15-18(33)2)25-12-24(26-19(3)32-37-20(26)4)30-27(31-25)21-7-6-8-23(11-21)36-16-22(35)13-29-5/h6-8,11-12,17-18,22,29,35H,9-10,13-16H2,1-5H3/t17?,18-,22?/m1/s1. The normalized spacial score (nSPS) is 18.1. The zero-order valence-corrected chi connectivity index (χ0v) is 22.2. The summed E-state index contributed by atoms with van der Waals surface area (Å²) in [5.41, 5.74) is 3.15. The summed E-state index contributed by atoms with van der Waals surface area (Å²) in [6.07, 6.45) is -1.47. The van der Waals surface area contributed by atoms with Crippen LogP contribution in [0.15, 0.2) is 34.9 Å². The van der Waals surface area contributed by atoms with Gasteiger partial charge in [0.2, 0.25) is 0 Å². The van der Waals surface area contributed by atoms with Crippen LogP contribution in [-0.4, -0.2) is 89.8 Å². The van der Waals surface area contributed by atoms with Crippen LogP contribution >= 0.6 is 0 Å². The lowest BCUT2D eigenvalue weighted by molar-refractivity contribution is 0.108.